The summed E-state index contributed by atoms with van der Waals surface area (Å²) in [6.07, 6.45) is -1.65. The highest BCUT2D eigenvalue weighted by molar-refractivity contribution is 6.07. The Morgan fingerprint density at radius 1 is 1.27 bits per heavy atom. The number of nitrogens with zero attached hydrogens (tertiary/aromatic N) is 5. The Kier molecular flexibility index (Phi) is 4.23. The van der Waals surface area contributed by atoms with Crippen LogP contribution in [0.5, 0.6) is 0 Å². The number of carbonyl (C=O) groups excluding carboxylic acids is 1. The van der Waals surface area contributed by atoms with Gasteiger partial charge in [0.2, 0.25) is 0 Å². The van der Waals surface area contributed by atoms with Gasteiger partial charge in [-0.15, -0.1) is 0 Å². The number of anilines is 1. The zero-order valence-electron chi connectivity index (χ0n) is 13.9. The van der Waals surface area contributed by atoms with Crippen molar-refractivity contribution in [1.29, 1.82) is 0 Å². The molecule has 0 radical (unpaired) electrons. The number of nitrogens with two attached hydrogens (primary N) is 1. The van der Waals surface area contributed by atoms with Crippen molar-refractivity contribution in [1.82, 2.24) is 24.6 Å². The number of amides is 1. The first-order valence-electron chi connectivity index (χ1n) is 8.43. The quantitative estimate of drug-likeness (QED) is 0.495. The first-order valence-corrected chi connectivity index (χ1v) is 8.43. The fourth-order valence-corrected chi connectivity index (χ4v) is 3.47. The molecule has 2 aliphatic heterocycles. The molecule has 5 N–H and O–H groups in total. The van der Waals surface area contributed by atoms with E-state index < -0.39 is 31.1 Å². The lowest BCUT2D eigenvalue weighted by Gasteiger charge is -2.16. The zero-order valence-corrected chi connectivity index (χ0v) is 13.9. The Balaban J connectivity index is 1.81. The highest BCUT2D eigenvalue weighted by Crippen LogP contribution is 2.33. The van der Waals surface area contributed by atoms with Crippen molar-refractivity contribution in [2.24, 2.45) is 0 Å². The van der Waals surface area contributed by atoms with Crippen LogP contribution in [0.4, 0.5) is 5.82 Å². The average molecular weight is 364 g/mol. The molecule has 4 atom stereocenters. The summed E-state index contributed by atoms with van der Waals surface area (Å²) in [7, 11) is 0. The van der Waals surface area contributed by atoms with Crippen molar-refractivity contribution >= 4 is 22.8 Å². The van der Waals surface area contributed by atoms with Crippen LogP contribution >= 0.6 is 0 Å². The number of aliphatic hydroxyl groups excluding tert-OH is 3. The first-order chi connectivity index (χ1) is 12.5. The normalized spacial score (nSPS) is 29.0. The lowest BCUT2D eigenvalue weighted by molar-refractivity contribution is -0.0567. The second-order valence-electron chi connectivity index (χ2n) is 6.48. The molecule has 2 fully saturated rings. The predicted molar refractivity (Wildman–Crippen MR) is 87.9 cm³/mol. The van der Waals surface area contributed by atoms with Crippen molar-refractivity contribution in [3.05, 3.63) is 12.0 Å². The molecule has 4 heterocycles. The predicted octanol–water partition coefficient (Wildman–Crippen LogP) is -1.74. The van der Waals surface area contributed by atoms with Crippen LogP contribution in [-0.4, -0.2) is 83.9 Å². The van der Waals surface area contributed by atoms with Crippen LogP contribution in [0.1, 0.15) is 29.6 Å². The van der Waals surface area contributed by atoms with Gasteiger partial charge < -0.3 is 30.7 Å². The summed E-state index contributed by atoms with van der Waals surface area (Å²) in [6, 6.07) is 0. The molecule has 0 saturated carbocycles. The molecule has 2 aromatic heterocycles. The van der Waals surface area contributed by atoms with E-state index in [-0.39, 0.29) is 28.5 Å². The second kappa shape index (κ2) is 6.43. The van der Waals surface area contributed by atoms with E-state index in [2.05, 4.69) is 15.1 Å². The summed E-state index contributed by atoms with van der Waals surface area (Å²) < 4.78 is 6.73. The van der Waals surface area contributed by atoms with E-state index in [1.54, 1.807) is 4.90 Å². The van der Waals surface area contributed by atoms with Gasteiger partial charge in [0.1, 0.15) is 30.5 Å². The number of likely N-dealkylation sites (tertiary alicyclic amines) is 1. The largest absolute Gasteiger partial charge is 0.394 e. The van der Waals surface area contributed by atoms with Crippen molar-refractivity contribution in [3.63, 3.8) is 0 Å². The van der Waals surface area contributed by atoms with Gasteiger partial charge in [-0.25, -0.2) is 14.6 Å². The SMILES string of the molecule is Nc1ncnc2c1c(C(=O)N1CCCC1)nn2[C@@H]1O[C@H](CO)[C@@H](O)[C@H]1O. The molecular weight excluding hydrogens is 344 g/mol. The second-order valence-corrected chi connectivity index (χ2v) is 6.48. The van der Waals surface area contributed by atoms with Gasteiger partial charge in [-0.1, -0.05) is 0 Å². The summed E-state index contributed by atoms with van der Waals surface area (Å²) in [4.78, 5) is 22.6. The number of aliphatic hydroxyl groups is 3. The Bertz CT molecular complexity index is 835. The van der Waals surface area contributed by atoms with Gasteiger partial charge in [-0.2, -0.15) is 5.10 Å². The van der Waals surface area contributed by atoms with E-state index in [1.807, 2.05) is 0 Å². The monoisotopic (exact) mass is 364 g/mol. The topological polar surface area (TPSA) is 160 Å². The van der Waals surface area contributed by atoms with E-state index in [0.717, 1.165) is 12.8 Å². The van der Waals surface area contributed by atoms with Crippen molar-refractivity contribution < 1.29 is 24.9 Å². The smallest absolute Gasteiger partial charge is 0.275 e. The molecule has 140 valence electrons. The molecular formula is C15H20N6O5. The Morgan fingerprint density at radius 3 is 2.65 bits per heavy atom. The third-order valence-corrected chi connectivity index (χ3v) is 4.87. The summed E-state index contributed by atoms with van der Waals surface area (Å²) in [5.41, 5.74) is 6.25. The molecule has 2 aromatic rings. The van der Waals surface area contributed by atoms with Crippen molar-refractivity contribution in [2.45, 2.75) is 37.4 Å². The molecule has 0 aromatic carbocycles. The fraction of sp³-hybridized carbons (Fsp3) is 0.600. The Morgan fingerprint density at radius 2 is 2.00 bits per heavy atom. The standard InChI is InChI=1S/C15H20N6O5/c16-12-8-9(14(25)20-3-1-2-4-20)19-21(13(8)18-6-17-12)15-11(24)10(23)7(5-22)26-15/h6-7,10-11,15,22-24H,1-5H2,(H2,16,17,18)/t7-,10-,11-,15-/m1/s1. The molecule has 0 unspecified atom stereocenters. The van der Waals surface area contributed by atoms with Crippen molar-refractivity contribution in [3.8, 4) is 0 Å². The highest BCUT2D eigenvalue weighted by atomic mass is 16.6. The summed E-state index contributed by atoms with van der Waals surface area (Å²) in [5, 5.41) is 34.1. The van der Waals surface area contributed by atoms with Gasteiger partial charge in [0.15, 0.2) is 17.6 Å². The minimum Gasteiger partial charge on any atom is -0.394 e. The molecule has 0 aliphatic carbocycles. The Hall–Kier alpha value is -2.34. The van der Waals surface area contributed by atoms with Gasteiger partial charge in [-0.05, 0) is 12.8 Å². The lowest BCUT2D eigenvalue weighted by Crippen LogP contribution is -2.33. The number of hydrogen-bond donors (Lipinski definition) is 4. The lowest BCUT2D eigenvalue weighted by atomic mass is 10.1. The fourth-order valence-electron chi connectivity index (χ4n) is 3.47. The van der Waals surface area contributed by atoms with Crippen LogP contribution in [0.2, 0.25) is 0 Å². The maximum Gasteiger partial charge on any atom is 0.275 e. The van der Waals surface area contributed by atoms with Gasteiger partial charge in [-0.3, -0.25) is 4.79 Å². The number of hydrogen-bond acceptors (Lipinski definition) is 9. The maximum atomic E-state index is 12.9. The molecule has 11 heteroatoms. The minimum absolute atomic E-state index is 0.0812. The number of rotatable bonds is 3. The molecule has 0 bridgehead atoms. The molecule has 2 saturated heterocycles. The average Bonchev–Trinajstić information content (AvgIpc) is 3.35. The highest BCUT2D eigenvalue weighted by Gasteiger charge is 2.45. The minimum atomic E-state index is -1.35. The molecule has 1 amide bonds. The van der Waals surface area contributed by atoms with E-state index >= 15 is 0 Å². The first kappa shape index (κ1) is 17.1. The molecule has 26 heavy (non-hydrogen) atoms. The van der Waals surface area contributed by atoms with Gasteiger partial charge in [0.25, 0.3) is 5.91 Å². The molecule has 4 rings (SSSR count). The summed E-state index contributed by atoms with van der Waals surface area (Å²) in [5.74, 6) is -0.199. The van der Waals surface area contributed by atoms with E-state index in [4.69, 9.17) is 10.5 Å². The third-order valence-electron chi connectivity index (χ3n) is 4.87. The summed E-state index contributed by atoms with van der Waals surface area (Å²) in [6.45, 7) is 0.799. The van der Waals surface area contributed by atoms with Crippen LogP contribution in [0.25, 0.3) is 11.0 Å². The number of fused-ring (bicyclic) bond motifs is 1. The van der Waals surface area contributed by atoms with E-state index in [0.29, 0.717) is 13.1 Å². The van der Waals surface area contributed by atoms with Crippen LogP contribution in [0.3, 0.4) is 0 Å². The van der Waals surface area contributed by atoms with E-state index in [1.165, 1.54) is 11.0 Å². The number of ether oxygens (including phenoxy) is 1. The Labute approximate surface area is 148 Å². The molecule has 2 aliphatic rings. The number of aromatic nitrogens is 4. The number of nitrogen functional groups attached to an aromatic ring is 1. The maximum absolute atomic E-state index is 12.9. The van der Waals surface area contributed by atoms with Crippen LogP contribution < -0.4 is 5.73 Å². The van der Waals surface area contributed by atoms with Gasteiger partial charge in [0, 0.05) is 13.1 Å². The van der Waals surface area contributed by atoms with E-state index in [9.17, 15) is 20.1 Å². The van der Waals surface area contributed by atoms with Crippen LogP contribution in [-0.2, 0) is 4.74 Å². The van der Waals surface area contributed by atoms with Crippen molar-refractivity contribution in [2.75, 3.05) is 25.4 Å². The zero-order chi connectivity index (χ0) is 18.4. The van der Waals surface area contributed by atoms with Crippen LogP contribution in [0.15, 0.2) is 6.33 Å². The molecule has 0 spiro atoms. The molecule has 11 nitrogen and oxygen atoms in total. The third kappa shape index (κ3) is 2.51. The summed E-state index contributed by atoms with van der Waals surface area (Å²) >= 11 is 0. The number of carbonyl (C=O) groups is 1. The van der Waals surface area contributed by atoms with Gasteiger partial charge in [0.05, 0.1) is 12.0 Å². The van der Waals surface area contributed by atoms with Gasteiger partial charge >= 0.3 is 0 Å². The van der Waals surface area contributed by atoms with Crippen LogP contribution in [0, 0.1) is 0 Å².